The third-order valence-corrected chi connectivity index (χ3v) is 6.77. The van der Waals surface area contributed by atoms with Gasteiger partial charge < -0.3 is 10.2 Å². The van der Waals surface area contributed by atoms with Crippen LogP contribution in [0, 0.1) is 24.0 Å². The van der Waals surface area contributed by atoms with Crippen molar-refractivity contribution in [2.45, 2.75) is 13.8 Å². The highest BCUT2D eigenvalue weighted by Gasteiger charge is 2.20. The van der Waals surface area contributed by atoms with E-state index >= 15 is 0 Å². The number of hydrogen-bond acceptors (Lipinski definition) is 7. The van der Waals surface area contributed by atoms with Gasteiger partial charge in [0, 0.05) is 57.0 Å². The Labute approximate surface area is 184 Å². The molecule has 31 heavy (non-hydrogen) atoms. The summed E-state index contributed by atoms with van der Waals surface area (Å²) in [6.45, 7) is 9.20. The molecule has 3 aromatic rings. The highest BCUT2D eigenvalue weighted by atomic mass is 32.1. The molecule has 1 amide bonds. The number of fused-ring (bicyclic) bond motifs is 1. The first kappa shape index (κ1) is 21.2. The molecule has 1 aliphatic rings. The zero-order chi connectivity index (χ0) is 22.0. The van der Waals surface area contributed by atoms with Crippen molar-refractivity contribution in [2.75, 3.05) is 44.2 Å². The highest BCUT2D eigenvalue weighted by Crippen LogP contribution is 2.32. The topological polar surface area (TPSA) is 91.6 Å². The number of nitrogens with one attached hydrogen (secondary N) is 1. The number of aryl methyl sites for hydroxylation is 2. The molecule has 0 aliphatic carbocycles. The van der Waals surface area contributed by atoms with Crippen molar-refractivity contribution in [3.05, 3.63) is 63.2 Å². The molecular formula is C22H25N5O3S. The Hall–Kier alpha value is -3.04. The standard InChI is InChI=1S/C22H25N5O3S/c1-15-13-16(2)20-19(14-15)24-22(31-20)26-11-9-25(10-12-26)8-7-23-21(28)17-3-5-18(6-4-17)27(29)30/h3-6,13-14H,7-12H2,1-2H3,(H,23,28). The van der Waals surface area contributed by atoms with Gasteiger partial charge >= 0.3 is 0 Å². The molecule has 1 fully saturated rings. The fourth-order valence-electron chi connectivity index (χ4n) is 3.83. The quantitative estimate of drug-likeness (QED) is 0.468. The molecular weight excluding hydrogens is 414 g/mol. The minimum Gasteiger partial charge on any atom is -0.351 e. The van der Waals surface area contributed by atoms with E-state index in [0.717, 1.165) is 43.4 Å². The smallest absolute Gasteiger partial charge is 0.269 e. The molecule has 1 aromatic heterocycles. The third-order valence-electron chi connectivity index (χ3n) is 5.51. The van der Waals surface area contributed by atoms with Crippen LogP contribution in [0.2, 0.25) is 0 Å². The van der Waals surface area contributed by atoms with Crippen molar-refractivity contribution in [1.29, 1.82) is 0 Å². The number of carbonyl (C=O) groups is 1. The summed E-state index contributed by atoms with van der Waals surface area (Å²) >= 11 is 1.76. The molecule has 0 saturated carbocycles. The number of non-ortho nitro benzene ring substituents is 1. The van der Waals surface area contributed by atoms with E-state index in [9.17, 15) is 14.9 Å². The Balaban J connectivity index is 1.25. The van der Waals surface area contributed by atoms with Gasteiger partial charge in [0.2, 0.25) is 0 Å². The first-order chi connectivity index (χ1) is 14.9. The minimum atomic E-state index is -0.474. The number of rotatable bonds is 6. The Kier molecular flexibility index (Phi) is 6.15. The van der Waals surface area contributed by atoms with Gasteiger partial charge in [-0.3, -0.25) is 19.8 Å². The second-order valence-electron chi connectivity index (χ2n) is 7.82. The van der Waals surface area contributed by atoms with Crippen LogP contribution in [0.15, 0.2) is 36.4 Å². The summed E-state index contributed by atoms with van der Waals surface area (Å²) in [5.74, 6) is -0.214. The van der Waals surface area contributed by atoms with Crippen LogP contribution in [0.5, 0.6) is 0 Å². The lowest BCUT2D eigenvalue weighted by Gasteiger charge is -2.34. The van der Waals surface area contributed by atoms with Gasteiger partial charge in [0.1, 0.15) is 0 Å². The average Bonchev–Trinajstić information content (AvgIpc) is 3.18. The van der Waals surface area contributed by atoms with Crippen molar-refractivity contribution in [3.63, 3.8) is 0 Å². The molecule has 162 valence electrons. The SMILES string of the molecule is Cc1cc(C)c2sc(N3CCN(CCNC(=O)c4ccc([N+](=O)[O-])cc4)CC3)nc2c1. The number of aromatic nitrogens is 1. The minimum absolute atomic E-state index is 0.0205. The number of nitrogens with zero attached hydrogens (tertiary/aromatic N) is 4. The first-order valence-electron chi connectivity index (χ1n) is 10.3. The zero-order valence-corrected chi connectivity index (χ0v) is 18.4. The summed E-state index contributed by atoms with van der Waals surface area (Å²) < 4.78 is 1.26. The Morgan fingerprint density at radius 1 is 1.16 bits per heavy atom. The molecule has 1 saturated heterocycles. The lowest BCUT2D eigenvalue weighted by Crippen LogP contribution is -2.48. The second kappa shape index (κ2) is 8.99. The van der Waals surface area contributed by atoms with Crippen LogP contribution in [0.3, 0.4) is 0 Å². The number of piperazine rings is 1. The third kappa shape index (κ3) is 4.83. The monoisotopic (exact) mass is 439 g/mol. The van der Waals surface area contributed by atoms with E-state index in [1.54, 1.807) is 11.3 Å². The molecule has 9 heteroatoms. The molecule has 0 spiro atoms. The fourth-order valence-corrected chi connectivity index (χ4v) is 4.89. The largest absolute Gasteiger partial charge is 0.351 e. The Bertz CT molecular complexity index is 1100. The van der Waals surface area contributed by atoms with E-state index in [2.05, 4.69) is 41.1 Å². The van der Waals surface area contributed by atoms with Gasteiger partial charge in [-0.15, -0.1) is 0 Å². The second-order valence-corrected chi connectivity index (χ2v) is 8.79. The highest BCUT2D eigenvalue weighted by molar-refractivity contribution is 7.22. The van der Waals surface area contributed by atoms with Gasteiger partial charge in [-0.1, -0.05) is 17.4 Å². The normalized spacial score (nSPS) is 14.7. The van der Waals surface area contributed by atoms with Crippen LogP contribution in [-0.2, 0) is 0 Å². The van der Waals surface area contributed by atoms with Gasteiger partial charge in [-0.05, 0) is 43.2 Å². The van der Waals surface area contributed by atoms with Crippen molar-refractivity contribution >= 4 is 38.3 Å². The summed E-state index contributed by atoms with van der Waals surface area (Å²) in [7, 11) is 0. The predicted molar refractivity (Wildman–Crippen MR) is 123 cm³/mol. The van der Waals surface area contributed by atoms with Crippen LogP contribution in [0.1, 0.15) is 21.5 Å². The molecule has 2 aromatic carbocycles. The fraction of sp³-hybridized carbons (Fsp3) is 0.364. The van der Waals surface area contributed by atoms with E-state index < -0.39 is 4.92 Å². The maximum atomic E-state index is 12.2. The van der Waals surface area contributed by atoms with E-state index in [1.807, 2.05) is 0 Å². The number of nitro groups is 1. The number of nitro benzene ring substituents is 1. The van der Waals surface area contributed by atoms with Crippen LogP contribution in [0.25, 0.3) is 10.2 Å². The van der Waals surface area contributed by atoms with E-state index in [4.69, 9.17) is 4.98 Å². The van der Waals surface area contributed by atoms with Crippen molar-refractivity contribution in [3.8, 4) is 0 Å². The lowest BCUT2D eigenvalue weighted by atomic mass is 10.1. The van der Waals surface area contributed by atoms with Crippen LogP contribution < -0.4 is 10.2 Å². The number of hydrogen-bond donors (Lipinski definition) is 1. The number of thiazole rings is 1. The van der Waals surface area contributed by atoms with Gasteiger partial charge in [-0.2, -0.15) is 0 Å². The summed E-state index contributed by atoms with van der Waals surface area (Å²) in [4.78, 5) is 32.0. The molecule has 2 heterocycles. The molecule has 0 atom stereocenters. The molecule has 1 N–H and O–H groups in total. The van der Waals surface area contributed by atoms with Crippen LogP contribution >= 0.6 is 11.3 Å². The van der Waals surface area contributed by atoms with Crippen molar-refractivity contribution in [1.82, 2.24) is 15.2 Å². The van der Waals surface area contributed by atoms with Crippen molar-refractivity contribution < 1.29 is 9.72 Å². The molecule has 0 bridgehead atoms. The summed E-state index contributed by atoms with van der Waals surface area (Å²) in [5, 5.41) is 14.7. The molecule has 0 radical (unpaired) electrons. The predicted octanol–water partition coefficient (Wildman–Crippen LogP) is 3.37. The van der Waals surface area contributed by atoms with E-state index in [-0.39, 0.29) is 11.6 Å². The zero-order valence-electron chi connectivity index (χ0n) is 17.6. The maximum absolute atomic E-state index is 12.2. The van der Waals surface area contributed by atoms with Gasteiger partial charge in [-0.25, -0.2) is 4.98 Å². The first-order valence-corrected chi connectivity index (χ1v) is 11.1. The van der Waals surface area contributed by atoms with E-state index in [1.165, 1.54) is 40.1 Å². The summed E-state index contributed by atoms with van der Waals surface area (Å²) in [5.41, 5.74) is 4.00. The molecule has 0 unspecified atom stereocenters. The van der Waals surface area contributed by atoms with Gasteiger partial charge in [0.15, 0.2) is 5.13 Å². The summed E-state index contributed by atoms with van der Waals surface area (Å²) in [6, 6.07) is 10.00. The van der Waals surface area contributed by atoms with Crippen LogP contribution in [0.4, 0.5) is 10.8 Å². The molecule has 4 rings (SSSR count). The van der Waals surface area contributed by atoms with Gasteiger partial charge in [0.25, 0.3) is 11.6 Å². The summed E-state index contributed by atoms with van der Waals surface area (Å²) in [6.07, 6.45) is 0. The van der Waals surface area contributed by atoms with Crippen molar-refractivity contribution in [2.24, 2.45) is 0 Å². The number of anilines is 1. The number of amides is 1. The van der Waals surface area contributed by atoms with E-state index in [0.29, 0.717) is 12.1 Å². The molecule has 1 aliphatic heterocycles. The van der Waals surface area contributed by atoms with Crippen LogP contribution in [-0.4, -0.2) is 60.0 Å². The Morgan fingerprint density at radius 2 is 1.87 bits per heavy atom. The van der Waals surface area contributed by atoms with Gasteiger partial charge in [0.05, 0.1) is 15.1 Å². The molecule has 8 nitrogen and oxygen atoms in total. The maximum Gasteiger partial charge on any atom is 0.269 e. The number of carbonyl (C=O) groups excluding carboxylic acids is 1. The lowest BCUT2D eigenvalue weighted by molar-refractivity contribution is -0.384. The number of benzene rings is 2. The average molecular weight is 440 g/mol. The Morgan fingerprint density at radius 3 is 2.55 bits per heavy atom.